The van der Waals surface area contributed by atoms with Gasteiger partial charge in [0, 0.05) is 24.2 Å². The van der Waals surface area contributed by atoms with E-state index in [-0.39, 0.29) is 0 Å². The van der Waals surface area contributed by atoms with Gasteiger partial charge in [-0.15, -0.1) is 0 Å². The first kappa shape index (κ1) is 14.1. The molecule has 2 nitrogen and oxygen atoms in total. The van der Waals surface area contributed by atoms with Gasteiger partial charge in [0.15, 0.2) is 0 Å². The van der Waals surface area contributed by atoms with Crippen molar-refractivity contribution in [3.63, 3.8) is 0 Å². The lowest BCUT2D eigenvalue weighted by Crippen LogP contribution is -2.56. The Hall–Kier alpha value is -0.860. The second-order valence-electron chi connectivity index (χ2n) is 6.73. The van der Waals surface area contributed by atoms with Crippen molar-refractivity contribution < 1.29 is 0 Å². The molecule has 0 spiro atoms. The van der Waals surface area contributed by atoms with Crippen molar-refractivity contribution in [1.82, 2.24) is 10.2 Å². The van der Waals surface area contributed by atoms with Crippen LogP contribution in [0.2, 0.25) is 0 Å². The lowest BCUT2D eigenvalue weighted by atomic mass is 9.80. The zero-order valence-electron chi connectivity index (χ0n) is 13.1. The maximum absolute atomic E-state index is 3.51. The minimum absolute atomic E-state index is 0.559. The molecule has 1 aromatic rings. The summed E-state index contributed by atoms with van der Waals surface area (Å²) in [5.41, 5.74) is 2.84. The molecule has 1 N–H and O–H groups in total. The van der Waals surface area contributed by atoms with Crippen molar-refractivity contribution in [2.45, 2.75) is 70.1 Å². The minimum atomic E-state index is 0.559. The molecular weight excluding hydrogens is 244 g/mol. The fourth-order valence-corrected chi connectivity index (χ4v) is 4.30. The summed E-state index contributed by atoms with van der Waals surface area (Å²) in [6.45, 7) is 4.57. The van der Waals surface area contributed by atoms with Gasteiger partial charge < -0.3 is 5.32 Å². The van der Waals surface area contributed by atoms with E-state index in [0.29, 0.717) is 6.04 Å². The van der Waals surface area contributed by atoms with E-state index >= 15 is 0 Å². The van der Waals surface area contributed by atoms with Crippen molar-refractivity contribution in [2.75, 3.05) is 7.05 Å². The highest BCUT2D eigenvalue weighted by Crippen LogP contribution is 2.39. The van der Waals surface area contributed by atoms with Crippen LogP contribution in [0.15, 0.2) is 24.3 Å². The van der Waals surface area contributed by atoms with Gasteiger partial charge in [0.1, 0.15) is 0 Å². The average molecular weight is 272 g/mol. The molecule has 0 aromatic heterocycles. The topological polar surface area (TPSA) is 15.3 Å². The van der Waals surface area contributed by atoms with Crippen molar-refractivity contribution in [1.29, 1.82) is 0 Å². The molecule has 2 saturated heterocycles. The van der Waals surface area contributed by atoms with Gasteiger partial charge in [-0.3, -0.25) is 4.90 Å². The molecule has 3 atom stereocenters. The van der Waals surface area contributed by atoms with Gasteiger partial charge in [0.05, 0.1) is 0 Å². The molecule has 2 heteroatoms. The maximum Gasteiger partial charge on any atom is 0.0325 e. The van der Waals surface area contributed by atoms with E-state index in [1.165, 1.54) is 43.2 Å². The molecular formula is C18H28N2. The van der Waals surface area contributed by atoms with Gasteiger partial charge in [-0.1, -0.05) is 36.2 Å². The quantitative estimate of drug-likeness (QED) is 0.903. The normalized spacial score (nSPS) is 32.0. The molecule has 3 rings (SSSR count). The minimum Gasteiger partial charge on any atom is -0.317 e. The van der Waals surface area contributed by atoms with Crippen LogP contribution in [0.25, 0.3) is 0 Å². The number of fused-ring (bicyclic) bond motifs is 2. The van der Waals surface area contributed by atoms with Crippen LogP contribution in [0.1, 0.15) is 56.2 Å². The molecule has 3 unspecified atom stereocenters. The second-order valence-corrected chi connectivity index (χ2v) is 6.73. The Kier molecular flexibility index (Phi) is 4.13. The standard InChI is InChI=1S/C18H28N2/c1-13-7-9-15(10-8-13)14(2)20-17-5-4-6-18(20)12-16(11-17)19-3/h7-10,14,16-19H,4-6,11-12H2,1-3H3. The Morgan fingerprint density at radius 3 is 2.25 bits per heavy atom. The number of hydrogen-bond acceptors (Lipinski definition) is 2. The van der Waals surface area contributed by atoms with E-state index in [4.69, 9.17) is 0 Å². The van der Waals surface area contributed by atoms with Gasteiger partial charge in [0.25, 0.3) is 0 Å². The number of nitrogens with zero attached hydrogens (tertiary/aromatic N) is 1. The third-order valence-electron chi connectivity index (χ3n) is 5.45. The summed E-state index contributed by atoms with van der Waals surface area (Å²) in [6.07, 6.45) is 6.82. The lowest BCUT2D eigenvalue weighted by molar-refractivity contribution is -0.00515. The Balaban J connectivity index is 1.80. The molecule has 1 aromatic carbocycles. The van der Waals surface area contributed by atoms with E-state index in [1.807, 2.05) is 0 Å². The molecule has 0 aliphatic carbocycles. The third kappa shape index (κ3) is 2.64. The fourth-order valence-electron chi connectivity index (χ4n) is 4.30. The van der Waals surface area contributed by atoms with Crippen LogP contribution < -0.4 is 5.32 Å². The predicted molar refractivity (Wildman–Crippen MR) is 84.9 cm³/mol. The van der Waals surface area contributed by atoms with Gasteiger partial charge in [-0.2, -0.15) is 0 Å². The van der Waals surface area contributed by atoms with Crippen molar-refractivity contribution in [3.8, 4) is 0 Å². The van der Waals surface area contributed by atoms with Crippen LogP contribution in [-0.4, -0.2) is 30.1 Å². The number of hydrogen-bond donors (Lipinski definition) is 1. The number of benzene rings is 1. The predicted octanol–water partition coefficient (Wildman–Crippen LogP) is 3.66. The van der Waals surface area contributed by atoms with Crippen LogP contribution in [0.5, 0.6) is 0 Å². The third-order valence-corrected chi connectivity index (χ3v) is 5.45. The molecule has 0 saturated carbocycles. The number of piperidine rings is 2. The van der Waals surface area contributed by atoms with E-state index in [2.05, 4.69) is 55.4 Å². The van der Waals surface area contributed by atoms with Gasteiger partial charge in [0.2, 0.25) is 0 Å². The Labute approximate surface area is 123 Å². The van der Waals surface area contributed by atoms with Crippen LogP contribution >= 0.6 is 0 Å². The van der Waals surface area contributed by atoms with Gasteiger partial charge in [-0.05, 0) is 52.1 Å². The van der Waals surface area contributed by atoms with E-state index < -0.39 is 0 Å². The van der Waals surface area contributed by atoms with Crippen molar-refractivity contribution in [3.05, 3.63) is 35.4 Å². The highest BCUT2D eigenvalue weighted by atomic mass is 15.2. The van der Waals surface area contributed by atoms with Crippen LogP contribution in [0.3, 0.4) is 0 Å². The first-order valence-corrected chi connectivity index (χ1v) is 8.20. The second kappa shape index (κ2) is 5.87. The summed E-state index contributed by atoms with van der Waals surface area (Å²) in [7, 11) is 2.12. The number of rotatable bonds is 3. The summed E-state index contributed by atoms with van der Waals surface area (Å²) in [4.78, 5) is 2.82. The summed E-state index contributed by atoms with van der Waals surface area (Å²) in [5, 5.41) is 3.51. The molecule has 2 aliphatic rings. The van der Waals surface area contributed by atoms with E-state index in [1.54, 1.807) is 0 Å². The summed E-state index contributed by atoms with van der Waals surface area (Å²) >= 11 is 0. The molecule has 20 heavy (non-hydrogen) atoms. The van der Waals surface area contributed by atoms with Gasteiger partial charge >= 0.3 is 0 Å². The van der Waals surface area contributed by atoms with Crippen LogP contribution in [0.4, 0.5) is 0 Å². The maximum atomic E-state index is 3.51. The van der Waals surface area contributed by atoms with Crippen molar-refractivity contribution in [2.24, 2.45) is 0 Å². The van der Waals surface area contributed by atoms with Crippen LogP contribution in [-0.2, 0) is 0 Å². The smallest absolute Gasteiger partial charge is 0.0325 e. The summed E-state index contributed by atoms with van der Waals surface area (Å²) in [6, 6.07) is 12.0. The zero-order chi connectivity index (χ0) is 14.1. The molecule has 0 amide bonds. The molecule has 2 bridgehead atoms. The Bertz CT molecular complexity index is 425. The molecule has 2 fully saturated rings. The van der Waals surface area contributed by atoms with E-state index in [0.717, 1.165) is 18.1 Å². The molecule has 0 radical (unpaired) electrons. The largest absolute Gasteiger partial charge is 0.317 e. The summed E-state index contributed by atoms with van der Waals surface area (Å²) in [5.74, 6) is 0. The average Bonchev–Trinajstić information content (AvgIpc) is 2.46. The Morgan fingerprint density at radius 1 is 1.10 bits per heavy atom. The fraction of sp³-hybridized carbons (Fsp3) is 0.667. The SMILES string of the molecule is CNC1CC2CCCC(C1)N2C(C)c1ccc(C)cc1. The first-order chi connectivity index (χ1) is 9.69. The van der Waals surface area contributed by atoms with Crippen molar-refractivity contribution >= 4 is 0 Å². The monoisotopic (exact) mass is 272 g/mol. The zero-order valence-corrected chi connectivity index (χ0v) is 13.1. The lowest BCUT2D eigenvalue weighted by Gasteiger charge is -2.51. The summed E-state index contributed by atoms with van der Waals surface area (Å²) < 4.78 is 0. The van der Waals surface area contributed by atoms with Crippen LogP contribution in [0, 0.1) is 6.92 Å². The number of aryl methyl sites for hydroxylation is 1. The molecule has 2 aliphatic heterocycles. The highest BCUT2D eigenvalue weighted by Gasteiger charge is 2.40. The highest BCUT2D eigenvalue weighted by molar-refractivity contribution is 5.24. The van der Waals surface area contributed by atoms with Gasteiger partial charge in [-0.25, -0.2) is 0 Å². The molecule has 110 valence electrons. The molecule has 2 heterocycles. The first-order valence-electron chi connectivity index (χ1n) is 8.20. The Morgan fingerprint density at radius 2 is 1.70 bits per heavy atom. The number of nitrogens with one attached hydrogen (secondary N) is 1. The van der Waals surface area contributed by atoms with E-state index in [9.17, 15) is 0 Å².